The zero-order valence-corrected chi connectivity index (χ0v) is 14.8. The van der Waals surface area contributed by atoms with Crippen LogP contribution in [0.25, 0.3) is 0 Å². The van der Waals surface area contributed by atoms with Gasteiger partial charge in [-0.25, -0.2) is 5.43 Å². The zero-order valence-electron chi connectivity index (χ0n) is 14.8. The number of nitrogens with zero attached hydrogens (tertiary/aromatic N) is 1. The number of benzene rings is 2. The molecule has 0 aliphatic carbocycles. The van der Waals surface area contributed by atoms with Crippen LogP contribution in [-0.2, 0) is 14.4 Å². The summed E-state index contributed by atoms with van der Waals surface area (Å²) < 4.78 is 5.45. The van der Waals surface area contributed by atoms with Crippen LogP contribution in [0.5, 0.6) is 5.75 Å². The van der Waals surface area contributed by atoms with Crippen molar-refractivity contribution in [2.24, 2.45) is 5.10 Å². The number of para-hydroxylation sites is 1. The normalized spacial score (nSPS) is 10.3. The lowest BCUT2D eigenvalue weighted by Gasteiger charge is -2.08. The summed E-state index contributed by atoms with van der Waals surface area (Å²) in [5, 5.41) is 8.80. The van der Waals surface area contributed by atoms with Gasteiger partial charge in [0.25, 0.3) is 5.91 Å². The van der Waals surface area contributed by atoms with Crippen molar-refractivity contribution in [1.82, 2.24) is 10.7 Å². The lowest BCUT2D eigenvalue weighted by atomic mass is 10.2. The van der Waals surface area contributed by atoms with E-state index in [1.54, 1.807) is 43.3 Å². The molecular weight excluding hydrogens is 348 g/mol. The minimum absolute atomic E-state index is 0.149. The number of rotatable bonds is 7. The van der Waals surface area contributed by atoms with Crippen molar-refractivity contribution in [3.05, 3.63) is 60.2 Å². The van der Waals surface area contributed by atoms with Crippen molar-refractivity contribution >= 4 is 29.6 Å². The number of hydrogen-bond donors (Lipinski definition) is 3. The Balaban J connectivity index is 1.84. The van der Waals surface area contributed by atoms with Crippen LogP contribution in [0.15, 0.2) is 59.7 Å². The Morgan fingerprint density at radius 1 is 1.04 bits per heavy atom. The van der Waals surface area contributed by atoms with E-state index in [2.05, 4.69) is 21.2 Å². The molecule has 2 aromatic rings. The second-order valence-corrected chi connectivity index (χ2v) is 5.33. The summed E-state index contributed by atoms with van der Waals surface area (Å²) in [5.74, 6) is -1.42. The fraction of sp³-hybridized carbons (Fsp3) is 0.158. The largest absolute Gasteiger partial charge is 0.484 e. The number of carbonyl (C=O) groups excluding carboxylic acids is 3. The third-order valence-electron chi connectivity index (χ3n) is 3.21. The molecule has 0 saturated heterocycles. The molecule has 0 aromatic heterocycles. The number of anilines is 1. The van der Waals surface area contributed by atoms with Crippen LogP contribution in [-0.4, -0.2) is 37.1 Å². The van der Waals surface area contributed by atoms with E-state index in [9.17, 15) is 14.4 Å². The summed E-state index contributed by atoms with van der Waals surface area (Å²) in [5.41, 5.74) is 3.45. The average molecular weight is 368 g/mol. The first kappa shape index (κ1) is 19.6. The van der Waals surface area contributed by atoms with Crippen LogP contribution in [0, 0.1) is 0 Å². The topological polar surface area (TPSA) is 109 Å². The highest BCUT2D eigenvalue weighted by molar-refractivity contribution is 6.35. The van der Waals surface area contributed by atoms with Gasteiger partial charge in [-0.3, -0.25) is 14.4 Å². The first-order valence-corrected chi connectivity index (χ1v) is 8.27. The third-order valence-corrected chi connectivity index (χ3v) is 3.21. The summed E-state index contributed by atoms with van der Waals surface area (Å²) in [6.07, 6.45) is 1.37. The zero-order chi connectivity index (χ0) is 19.5. The SMILES string of the molecule is CCNC(=O)C(=O)N/N=C\c1cccc(OCC(=O)Nc2ccccc2)c1. The number of nitrogens with one attached hydrogen (secondary N) is 3. The van der Waals surface area contributed by atoms with E-state index in [1.807, 2.05) is 18.2 Å². The molecule has 140 valence electrons. The monoisotopic (exact) mass is 368 g/mol. The summed E-state index contributed by atoms with van der Waals surface area (Å²) in [6.45, 7) is 1.91. The molecule has 8 nitrogen and oxygen atoms in total. The fourth-order valence-corrected chi connectivity index (χ4v) is 2.01. The minimum atomic E-state index is -0.849. The molecule has 0 heterocycles. The summed E-state index contributed by atoms with van der Waals surface area (Å²) in [6, 6.07) is 15.9. The van der Waals surface area contributed by atoms with Crippen LogP contribution in [0.3, 0.4) is 0 Å². The molecule has 0 fully saturated rings. The summed E-state index contributed by atoms with van der Waals surface area (Å²) in [4.78, 5) is 34.6. The van der Waals surface area contributed by atoms with Crippen LogP contribution in [0.4, 0.5) is 5.69 Å². The Hall–Kier alpha value is -3.68. The highest BCUT2D eigenvalue weighted by Crippen LogP contribution is 2.12. The van der Waals surface area contributed by atoms with Crippen LogP contribution >= 0.6 is 0 Å². The summed E-state index contributed by atoms with van der Waals surface area (Å²) in [7, 11) is 0. The Morgan fingerprint density at radius 3 is 2.56 bits per heavy atom. The first-order chi connectivity index (χ1) is 13.1. The molecule has 2 aromatic carbocycles. The molecular formula is C19H20N4O4. The van der Waals surface area contributed by atoms with Crippen molar-refractivity contribution in [3.63, 3.8) is 0 Å². The second-order valence-electron chi connectivity index (χ2n) is 5.33. The number of likely N-dealkylation sites (N-methyl/N-ethyl adjacent to an activating group) is 1. The number of hydrazone groups is 1. The van der Waals surface area contributed by atoms with Gasteiger partial charge in [-0.15, -0.1) is 0 Å². The number of carbonyl (C=O) groups is 3. The Morgan fingerprint density at radius 2 is 1.81 bits per heavy atom. The Kier molecular flexibility index (Phi) is 7.52. The van der Waals surface area contributed by atoms with Crippen LogP contribution < -0.4 is 20.8 Å². The molecule has 0 radical (unpaired) electrons. The van der Waals surface area contributed by atoms with Gasteiger partial charge in [-0.05, 0) is 36.8 Å². The molecule has 8 heteroatoms. The quantitative estimate of drug-likeness (QED) is 0.389. The standard InChI is InChI=1S/C19H20N4O4/c1-2-20-18(25)19(26)23-21-12-14-7-6-10-16(11-14)27-13-17(24)22-15-8-4-3-5-9-15/h3-12H,2,13H2,1H3,(H,20,25)(H,22,24)(H,23,26)/b21-12-. The van der Waals surface area contributed by atoms with E-state index < -0.39 is 11.8 Å². The van der Waals surface area contributed by atoms with Gasteiger partial charge in [-0.1, -0.05) is 30.3 Å². The predicted molar refractivity (Wildman–Crippen MR) is 101 cm³/mol. The van der Waals surface area contributed by atoms with Gasteiger partial charge in [0.2, 0.25) is 0 Å². The van der Waals surface area contributed by atoms with E-state index >= 15 is 0 Å². The van der Waals surface area contributed by atoms with E-state index in [0.29, 0.717) is 23.5 Å². The second kappa shape index (κ2) is 10.3. The van der Waals surface area contributed by atoms with Gasteiger partial charge >= 0.3 is 11.8 Å². The smallest absolute Gasteiger partial charge is 0.329 e. The van der Waals surface area contributed by atoms with Gasteiger partial charge in [-0.2, -0.15) is 5.10 Å². The van der Waals surface area contributed by atoms with E-state index in [4.69, 9.17) is 4.74 Å². The third kappa shape index (κ3) is 6.99. The minimum Gasteiger partial charge on any atom is -0.484 e. The predicted octanol–water partition coefficient (Wildman–Crippen LogP) is 1.29. The van der Waals surface area contributed by atoms with Crippen molar-refractivity contribution in [2.45, 2.75) is 6.92 Å². The number of amides is 3. The maximum Gasteiger partial charge on any atom is 0.329 e. The molecule has 0 saturated carbocycles. The fourth-order valence-electron chi connectivity index (χ4n) is 2.01. The molecule has 3 amide bonds. The van der Waals surface area contributed by atoms with Crippen molar-refractivity contribution in [2.75, 3.05) is 18.5 Å². The van der Waals surface area contributed by atoms with E-state index in [-0.39, 0.29) is 12.5 Å². The molecule has 0 spiro atoms. The van der Waals surface area contributed by atoms with Gasteiger partial charge < -0.3 is 15.4 Å². The molecule has 0 atom stereocenters. The number of hydrogen-bond acceptors (Lipinski definition) is 5. The highest BCUT2D eigenvalue weighted by atomic mass is 16.5. The van der Waals surface area contributed by atoms with Crippen LogP contribution in [0.1, 0.15) is 12.5 Å². The van der Waals surface area contributed by atoms with Gasteiger partial charge in [0.05, 0.1) is 6.21 Å². The molecule has 0 unspecified atom stereocenters. The lowest BCUT2D eigenvalue weighted by molar-refractivity contribution is -0.139. The molecule has 3 N–H and O–H groups in total. The maximum absolute atomic E-state index is 11.9. The summed E-state index contributed by atoms with van der Waals surface area (Å²) >= 11 is 0. The van der Waals surface area contributed by atoms with E-state index in [0.717, 1.165) is 0 Å². The number of ether oxygens (including phenoxy) is 1. The highest BCUT2D eigenvalue weighted by Gasteiger charge is 2.10. The lowest BCUT2D eigenvalue weighted by Crippen LogP contribution is -2.37. The molecule has 0 aliphatic heterocycles. The molecule has 2 rings (SSSR count). The average Bonchev–Trinajstić information content (AvgIpc) is 2.67. The van der Waals surface area contributed by atoms with Gasteiger partial charge in [0.15, 0.2) is 6.61 Å². The van der Waals surface area contributed by atoms with E-state index in [1.165, 1.54) is 6.21 Å². The molecule has 0 bridgehead atoms. The van der Waals surface area contributed by atoms with Crippen molar-refractivity contribution in [3.8, 4) is 5.75 Å². The van der Waals surface area contributed by atoms with Crippen LogP contribution in [0.2, 0.25) is 0 Å². The van der Waals surface area contributed by atoms with Gasteiger partial charge in [0.1, 0.15) is 5.75 Å². The Labute approximate surface area is 156 Å². The first-order valence-electron chi connectivity index (χ1n) is 8.27. The maximum atomic E-state index is 11.9. The molecule has 0 aliphatic rings. The van der Waals surface area contributed by atoms with Crippen molar-refractivity contribution < 1.29 is 19.1 Å². The van der Waals surface area contributed by atoms with Gasteiger partial charge in [0, 0.05) is 12.2 Å². The van der Waals surface area contributed by atoms with Crippen molar-refractivity contribution in [1.29, 1.82) is 0 Å². The molecule has 27 heavy (non-hydrogen) atoms. The Bertz CT molecular complexity index is 821.